The molecule has 2 N–H and O–H groups in total. The summed E-state index contributed by atoms with van der Waals surface area (Å²) in [4.78, 5) is 10.9. The summed E-state index contributed by atoms with van der Waals surface area (Å²) in [7, 11) is -3.74. The van der Waals surface area contributed by atoms with E-state index < -0.39 is 21.5 Å². The van der Waals surface area contributed by atoms with Gasteiger partial charge >= 0.3 is 5.97 Å². The Balaban J connectivity index is 3.23. The van der Waals surface area contributed by atoms with Gasteiger partial charge in [0.25, 0.3) is 0 Å². The van der Waals surface area contributed by atoms with Crippen LogP contribution in [-0.2, 0) is 10.0 Å². The molecule has 0 aromatic heterocycles. The quantitative estimate of drug-likeness (QED) is 0.855. The molecule has 5 nitrogen and oxygen atoms in total. The Bertz CT molecular complexity index is 596. The van der Waals surface area contributed by atoms with Crippen molar-refractivity contribution in [3.8, 4) is 0 Å². The molecule has 0 radical (unpaired) electrons. The predicted octanol–water partition coefficient (Wildman–Crippen LogP) is 2.61. The van der Waals surface area contributed by atoms with Gasteiger partial charge in [0.05, 0.1) is 10.5 Å². The van der Waals surface area contributed by atoms with E-state index >= 15 is 0 Å². The van der Waals surface area contributed by atoms with E-state index in [1.54, 1.807) is 13.8 Å². The highest BCUT2D eigenvalue weighted by Gasteiger charge is 2.25. The van der Waals surface area contributed by atoms with E-state index in [4.69, 9.17) is 5.11 Å². The molecule has 0 fully saturated rings. The Hall–Kier alpha value is -0.920. The maximum absolute atomic E-state index is 12.2. The molecule has 106 valence electrons. The second-order valence-electron chi connectivity index (χ2n) is 4.79. The summed E-state index contributed by atoms with van der Waals surface area (Å²) in [5.74, 6) is -1.18. The van der Waals surface area contributed by atoms with Gasteiger partial charge < -0.3 is 5.11 Å². The van der Waals surface area contributed by atoms with E-state index in [1.165, 1.54) is 12.1 Å². The van der Waals surface area contributed by atoms with E-state index in [1.807, 2.05) is 6.92 Å². The van der Waals surface area contributed by atoms with E-state index in [0.717, 1.165) is 6.07 Å². The Labute approximate surface area is 121 Å². The first-order chi connectivity index (χ1) is 8.59. The molecular weight excluding hydrogens is 334 g/mol. The highest BCUT2D eigenvalue weighted by Crippen LogP contribution is 2.22. The summed E-state index contributed by atoms with van der Waals surface area (Å²) in [6.07, 6.45) is 0.620. The topological polar surface area (TPSA) is 83.5 Å². The number of hydrogen-bond donors (Lipinski definition) is 2. The lowest BCUT2D eigenvalue weighted by Crippen LogP contribution is -2.42. The molecule has 0 saturated heterocycles. The van der Waals surface area contributed by atoms with Gasteiger partial charge in [0.1, 0.15) is 0 Å². The van der Waals surface area contributed by atoms with Gasteiger partial charge in [0.15, 0.2) is 0 Å². The first-order valence-electron chi connectivity index (χ1n) is 5.66. The summed E-state index contributed by atoms with van der Waals surface area (Å²) >= 11 is 3.08. The first-order valence-corrected chi connectivity index (χ1v) is 7.93. The number of carboxylic acids is 1. The monoisotopic (exact) mass is 349 g/mol. The highest BCUT2D eigenvalue weighted by molar-refractivity contribution is 9.10. The first kappa shape index (κ1) is 16.1. The second kappa shape index (κ2) is 5.60. The third-order valence-electron chi connectivity index (χ3n) is 2.77. The van der Waals surface area contributed by atoms with Crippen LogP contribution in [0.15, 0.2) is 27.6 Å². The SMILES string of the molecule is CCC(C)(C)NS(=O)(=O)c1ccc(Br)c(C(=O)O)c1. The number of carbonyl (C=O) groups is 1. The fourth-order valence-electron chi connectivity index (χ4n) is 1.33. The van der Waals surface area contributed by atoms with Crippen molar-refractivity contribution in [3.63, 3.8) is 0 Å². The normalized spacial score (nSPS) is 12.4. The van der Waals surface area contributed by atoms with Crippen molar-refractivity contribution in [1.29, 1.82) is 0 Å². The average Bonchev–Trinajstić information content (AvgIpc) is 2.27. The zero-order chi connectivity index (χ0) is 14.8. The second-order valence-corrected chi connectivity index (χ2v) is 7.33. The van der Waals surface area contributed by atoms with Crippen LogP contribution in [0.3, 0.4) is 0 Å². The zero-order valence-electron chi connectivity index (χ0n) is 10.9. The number of rotatable bonds is 5. The molecular formula is C12H16BrNO4S. The highest BCUT2D eigenvalue weighted by atomic mass is 79.9. The van der Waals surface area contributed by atoms with Crippen LogP contribution in [-0.4, -0.2) is 25.0 Å². The van der Waals surface area contributed by atoms with E-state index in [9.17, 15) is 13.2 Å². The molecule has 0 aliphatic heterocycles. The Morgan fingerprint density at radius 1 is 1.42 bits per heavy atom. The summed E-state index contributed by atoms with van der Waals surface area (Å²) < 4.78 is 27.2. The van der Waals surface area contributed by atoms with Crippen LogP contribution >= 0.6 is 15.9 Å². The van der Waals surface area contributed by atoms with Crippen LogP contribution in [0, 0.1) is 0 Å². The van der Waals surface area contributed by atoms with Crippen LogP contribution in [0.5, 0.6) is 0 Å². The van der Waals surface area contributed by atoms with Gasteiger partial charge in [-0.1, -0.05) is 6.92 Å². The average molecular weight is 350 g/mol. The standard InChI is InChI=1S/C12H16BrNO4S/c1-4-12(2,3)14-19(17,18)8-5-6-10(13)9(7-8)11(15)16/h5-7,14H,4H2,1-3H3,(H,15,16). The molecule has 1 rings (SSSR count). The molecule has 0 aliphatic carbocycles. The van der Waals surface area contributed by atoms with Crippen molar-refractivity contribution in [3.05, 3.63) is 28.2 Å². The summed E-state index contributed by atoms with van der Waals surface area (Å²) in [6.45, 7) is 5.40. The van der Waals surface area contributed by atoms with Crippen molar-refractivity contribution in [2.45, 2.75) is 37.6 Å². The van der Waals surface area contributed by atoms with Gasteiger partial charge in [-0.15, -0.1) is 0 Å². The number of halogens is 1. The Morgan fingerprint density at radius 3 is 2.47 bits per heavy atom. The van der Waals surface area contributed by atoms with E-state index in [-0.39, 0.29) is 10.5 Å². The predicted molar refractivity (Wildman–Crippen MR) is 75.8 cm³/mol. The number of hydrogen-bond acceptors (Lipinski definition) is 3. The minimum atomic E-state index is -3.74. The van der Waals surface area contributed by atoms with Gasteiger partial charge in [0.2, 0.25) is 10.0 Å². The molecule has 7 heteroatoms. The smallest absolute Gasteiger partial charge is 0.336 e. The fourth-order valence-corrected chi connectivity index (χ4v) is 3.26. The van der Waals surface area contributed by atoms with Crippen molar-refractivity contribution >= 4 is 31.9 Å². The molecule has 0 aliphatic rings. The van der Waals surface area contributed by atoms with E-state index in [2.05, 4.69) is 20.7 Å². The fraction of sp³-hybridized carbons (Fsp3) is 0.417. The van der Waals surface area contributed by atoms with Gasteiger partial charge in [-0.2, -0.15) is 0 Å². The van der Waals surface area contributed by atoms with Gasteiger partial charge in [-0.25, -0.2) is 17.9 Å². The molecule has 1 aromatic carbocycles. The largest absolute Gasteiger partial charge is 0.478 e. The molecule has 1 aromatic rings. The molecule has 19 heavy (non-hydrogen) atoms. The third kappa shape index (κ3) is 4.02. The lowest BCUT2D eigenvalue weighted by molar-refractivity contribution is 0.0695. The zero-order valence-corrected chi connectivity index (χ0v) is 13.3. The van der Waals surface area contributed by atoms with Crippen LogP contribution in [0.25, 0.3) is 0 Å². The number of aromatic carboxylic acids is 1. The van der Waals surface area contributed by atoms with Crippen molar-refractivity contribution in [2.24, 2.45) is 0 Å². The lowest BCUT2D eigenvalue weighted by Gasteiger charge is -2.24. The van der Waals surface area contributed by atoms with Crippen LogP contribution in [0.4, 0.5) is 0 Å². The lowest BCUT2D eigenvalue weighted by atomic mass is 10.0. The molecule has 0 atom stereocenters. The number of carboxylic acid groups (broad SMARTS) is 1. The van der Waals surface area contributed by atoms with E-state index in [0.29, 0.717) is 10.9 Å². The van der Waals surface area contributed by atoms with Crippen molar-refractivity contribution in [1.82, 2.24) is 4.72 Å². The molecule has 0 bridgehead atoms. The minimum Gasteiger partial charge on any atom is -0.478 e. The van der Waals surface area contributed by atoms with Gasteiger partial charge in [-0.05, 0) is 54.4 Å². The maximum atomic E-state index is 12.2. The summed E-state index contributed by atoms with van der Waals surface area (Å²) in [6, 6.07) is 3.92. The number of sulfonamides is 1. The van der Waals surface area contributed by atoms with Crippen molar-refractivity contribution in [2.75, 3.05) is 0 Å². The maximum Gasteiger partial charge on any atom is 0.336 e. The Morgan fingerprint density at radius 2 is 2.00 bits per heavy atom. The van der Waals surface area contributed by atoms with Crippen LogP contribution in [0.2, 0.25) is 0 Å². The van der Waals surface area contributed by atoms with Crippen LogP contribution < -0.4 is 4.72 Å². The molecule has 0 unspecified atom stereocenters. The third-order valence-corrected chi connectivity index (χ3v) is 5.16. The van der Waals surface area contributed by atoms with Crippen LogP contribution in [0.1, 0.15) is 37.6 Å². The van der Waals surface area contributed by atoms with Gasteiger partial charge in [0, 0.05) is 10.0 Å². The molecule has 0 spiro atoms. The Kier molecular flexibility index (Phi) is 4.76. The van der Waals surface area contributed by atoms with Crippen molar-refractivity contribution < 1.29 is 18.3 Å². The molecule has 0 heterocycles. The minimum absolute atomic E-state index is 0.0605. The number of benzene rings is 1. The van der Waals surface area contributed by atoms with Gasteiger partial charge in [-0.3, -0.25) is 0 Å². The molecule has 0 saturated carbocycles. The molecule has 0 amide bonds. The number of nitrogens with one attached hydrogen (secondary N) is 1. The summed E-state index contributed by atoms with van der Waals surface area (Å²) in [5, 5.41) is 8.99. The summed E-state index contributed by atoms with van der Waals surface area (Å²) in [5.41, 5.74) is -0.674.